The van der Waals surface area contributed by atoms with Crippen molar-refractivity contribution in [3.8, 4) is 0 Å². The van der Waals surface area contributed by atoms with E-state index >= 15 is 0 Å². The zero-order valence-corrected chi connectivity index (χ0v) is 12.0. The number of nitrogens with two attached hydrogens (primary N) is 1. The minimum absolute atomic E-state index is 0.756. The Morgan fingerprint density at radius 2 is 2.05 bits per heavy atom. The van der Waals surface area contributed by atoms with Gasteiger partial charge < -0.3 is 10.6 Å². The van der Waals surface area contributed by atoms with E-state index in [9.17, 15) is 0 Å². The second-order valence-corrected chi connectivity index (χ2v) is 6.45. The second kappa shape index (κ2) is 4.45. The summed E-state index contributed by atoms with van der Waals surface area (Å²) >= 11 is 0. The van der Waals surface area contributed by atoms with E-state index < -0.39 is 0 Å². The predicted octanol–water partition coefficient (Wildman–Crippen LogP) is 2.48. The lowest BCUT2D eigenvalue weighted by Crippen LogP contribution is -2.42. The summed E-state index contributed by atoms with van der Waals surface area (Å²) in [7, 11) is 2.23. The maximum atomic E-state index is 6.44. The van der Waals surface area contributed by atoms with Crippen LogP contribution in [0.1, 0.15) is 17.7 Å². The molecule has 1 saturated heterocycles. The molecule has 2 N–H and O–H groups in total. The lowest BCUT2D eigenvalue weighted by molar-refractivity contribution is 0.133. The Bertz CT molecular complexity index is 665. The highest BCUT2D eigenvalue weighted by atomic mass is 15.1. The SMILES string of the molecule is CN1CCC2Cc3nc4ccccc4c(N)c3CC2C1. The first-order valence-electron chi connectivity index (χ1n) is 7.57. The van der Waals surface area contributed by atoms with E-state index in [1.807, 2.05) is 12.1 Å². The molecular weight excluding hydrogens is 246 g/mol. The lowest BCUT2D eigenvalue weighted by Gasteiger charge is -2.40. The Kier molecular flexibility index (Phi) is 2.71. The van der Waals surface area contributed by atoms with E-state index in [4.69, 9.17) is 10.7 Å². The number of pyridine rings is 1. The average molecular weight is 267 g/mol. The highest BCUT2D eigenvalue weighted by Gasteiger charge is 2.34. The summed E-state index contributed by atoms with van der Waals surface area (Å²) in [5.41, 5.74) is 11.0. The van der Waals surface area contributed by atoms with Crippen molar-refractivity contribution in [3.63, 3.8) is 0 Å². The van der Waals surface area contributed by atoms with Crippen LogP contribution in [0.5, 0.6) is 0 Å². The van der Waals surface area contributed by atoms with Crippen molar-refractivity contribution >= 4 is 16.6 Å². The molecule has 3 heteroatoms. The second-order valence-electron chi connectivity index (χ2n) is 6.45. The molecule has 1 aromatic heterocycles. The standard InChI is InChI=1S/C17H21N3/c1-20-7-6-11-9-16-14(8-12(11)10-20)17(18)13-4-2-3-5-15(13)19-16/h2-5,11-12H,6-10H2,1H3,(H2,18,19). The molecule has 3 nitrogen and oxygen atoms in total. The van der Waals surface area contributed by atoms with Gasteiger partial charge in [-0.25, -0.2) is 0 Å². The maximum absolute atomic E-state index is 6.44. The number of rotatable bonds is 0. The Morgan fingerprint density at radius 3 is 2.95 bits per heavy atom. The highest BCUT2D eigenvalue weighted by Crippen LogP contribution is 2.38. The van der Waals surface area contributed by atoms with Crippen LogP contribution in [0.4, 0.5) is 5.69 Å². The molecular formula is C17H21N3. The molecule has 2 aromatic rings. The Morgan fingerprint density at radius 1 is 1.20 bits per heavy atom. The van der Waals surface area contributed by atoms with Gasteiger partial charge in [0, 0.05) is 23.3 Å². The number of piperidine rings is 1. The van der Waals surface area contributed by atoms with Crippen molar-refractivity contribution in [1.82, 2.24) is 9.88 Å². The van der Waals surface area contributed by atoms with Gasteiger partial charge in [-0.05, 0) is 56.3 Å². The van der Waals surface area contributed by atoms with Gasteiger partial charge >= 0.3 is 0 Å². The number of aromatic nitrogens is 1. The van der Waals surface area contributed by atoms with Gasteiger partial charge in [-0.2, -0.15) is 0 Å². The Balaban J connectivity index is 1.82. The van der Waals surface area contributed by atoms with Gasteiger partial charge in [-0.3, -0.25) is 4.98 Å². The average Bonchev–Trinajstić information content (AvgIpc) is 2.46. The van der Waals surface area contributed by atoms with E-state index in [-0.39, 0.29) is 0 Å². The molecule has 0 bridgehead atoms. The number of hydrogen-bond acceptors (Lipinski definition) is 3. The molecule has 1 aromatic carbocycles. The van der Waals surface area contributed by atoms with Crippen LogP contribution >= 0.6 is 0 Å². The van der Waals surface area contributed by atoms with Gasteiger partial charge in [0.15, 0.2) is 0 Å². The van der Waals surface area contributed by atoms with E-state index in [0.29, 0.717) is 0 Å². The van der Waals surface area contributed by atoms with Crippen LogP contribution in [0.2, 0.25) is 0 Å². The van der Waals surface area contributed by atoms with Gasteiger partial charge in [0.1, 0.15) is 0 Å². The molecule has 2 heterocycles. The normalized spacial score (nSPS) is 26.2. The predicted molar refractivity (Wildman–Crippen MR) is 82.7 cm³/mol. The van der Waals surface area contributed by atoms with Crippen LogP contribution in [-0.4, -0.2) is 30.0 Å². The third kappa shape index (κ3) is 1.80. The van der Waals surface area contributed by atoms with Crippen LogP contribution in [0.25, 0.3) is 10.9 Å². The summed E-state index contributed by atoms with van der Waals surface area (Å²) in [4.78, 5) is 7.35. The third-order valence-electron chi connectivity index (χ3n) is 5.14. The molecule has 2 unspecified atom stereocenters. The summed E-state index contributed by atoms with van der Waals surface area (Å²) in [6.07, 6.45) is 3.52. The number of fused-ring (bicyclic) bond motifs is 3. The molecule has 0 amide bonds. The Labute approximate surface area is 119 Å². The molecule has 0 radical (unpaired) electrons. The number of anilines is 1. The van der Waals surface area contributed by atoms with Crippen molar-refractivity contribution in [2.45, 2.75) is 19.3 Å². The molecule has 0 saturated carbocycles. The van der Waals surface area contributed by atoms with Crippen molar-refractivity contribution < 1.29 is 0 Å². The Hall–Kier alpha value is -1.61. The monoisotopic (exact) mass is 267 g/mol. The minimum Gasteiger partial charge on any atom is -0.398 e. The minimum atomic E-state index is 0.756. The van der Waals surface area contributed by atoms with Crippen molar-refractivity contribution in [2.75, 3.05) is 25.9 Å². The summed E-state index contributed by atoms with van der Waals surface area (Å²) in [5, 5.41) is 1.12. The van der Waals surface area contributed by atoms with E-state index in [1.165, 1.54) is 30.8 Å². The van der Waals surface area contributed by atoms with Crippen LogP contribution < -0.4 is 5.73 Å². The molecule has 1 aliphatic heterocycles. The largest absolute Gasteiger partial charge is 0.398 e. The van der Waals surface area contributed by atoms with Gasteiger partial charge in [0.25, 0.3) is 0 Å². The molecule has 2 atom stereocenters. The molecule has 1 aliphatic carbocycles. The van der Waals surface area contributed by atoms with Gasteiger partial charge in [-0.1, -0.05) is 18.2 Å². The summed E-state index contributed by atoms with van der Waals surface area (Å²) < 4.78 is 0. The lowest BCUT2D eigenvalue weighted by atomic mass is 9.73. The molecule has 4 rings (SSSR count). The van der Waals surface area contributed by atoms with Gasteiger partial charge in [-0.15, -0.1) is 0 Å². The van der Waals surface area contributed by atoms with Crippen molar-refractivity contribution in [1.29, 1.82) is 0 Å². The zero-order chi connectivity index (χ0) is 13.7. The zero-order valence-electron chi connectivity index (χ0n) is 12.0. The molecule has 2 aliphatic rings. The van der Waals surface area contributed by atoms with Crippen LogP contribution in [0, 0.1) is 11.8 Å². The van der Waals surface area contributed by atoms with Gasteiger partial charge in [0.2, 0.25) is 0 Å². The van der Waals surface area contributed by atoms with E-state index in [0.717, 1.165) is 41.3 Å². The van der Waals surface area contributed by atoms with Gasteiger partial charge in [0.05, 0.1) is 5.52 Å². The summed E-state index contributed by atoms with van der Waals surface area (Å²) in [6, 6.07) is 8.26. The number of para-hydroxylation sites is 1. The number of nitrogens with zero attached hydrogens (tertiary/aromatic N) is 2. The summed E-state index contributed by atoms with van der Waals surface area (Å²) in [5.74, 6) is 1.55. The number of benzene rings is 1. The first-order valence-corrected chi connectivity index (χ1v) is 7.57. The number of nitrogen functional groups attached to an aromatic ring is 1. The topological polar surface area (TPSA) is 42.2 Å². The molecule has 20 heavy (non-hydrogen) atoms. The third-order valence-corrected chi connectivity index (χ3v) is 5.14. The van der Waals surface area contributed by atoms with Crippen LogP contribution in [-0.2, 0) is 12.8 Å². The van der Waals surface area contributed by atoms with E-state index in [1.54, 1.807) is 0 Å². The summed E-state index contributed by atoms with van der Waals surface area (Å²) in [6.45, 7) is 2.43. The molecule has 1 fully saturated rings. The molecule has 104 valence electrons. The highest BCUT2D eigenvalue weighted by molar-refractivity contribution is 5.92. The number of hydrogen-bond donors (Lipinski definition) is 1. The quantitative estimate of drug-likeness (QED) is 0.797. The van der Waals surface area contributed by atoms with E-state index in [2.05, 4.69) is 24.1 Å². The fourth-order valence-corrected chi connectivity index (χ4v) is 4.00. The van der Waals surface area contributed by atoms with Crippen LogP contribution in [0.3, 0.4) is 0 Å². The van der Waals surface area contributed by atoms with Crippen molar-refractivity contribution in [2.24, 2.45) is 11.8 Å². The first kappa shape index (κ1) is 12.2. The maximum Gasteiger partial charge on any atom is 0.0726 e. The number of likely N-dealkylation sites (tertiary alicyclic amines) is 1. The van der Waals surface area contributed by atoms with Crippen LogP contribution in [0.15, 0.2) is 24.3 Å². The first-order chi connectivity index (χ1) is 9.72. The molecule has 0 spiro atoms. The fourth-order valence-electron chi connectivity index (χ4n) is 4.00. The fraction of sp³-hybridized carbons (Fsp3) is 0.471. The van der Waals surface area contributed by atoms with Crippen molar-refractivity contribution in [3.05, 3.63) is 35.5 Å². The smallest absolute Gasteiger partial charge is 0.0726 e.